The van der Waals surface area contributed by atoms with Crippen molar-refractivity contribution in [3.63, 3.8) is 0 Å². The van der Waals surface area contributed by atoms with E-state index >= 15 is 0 Å². The fourth-order valence-electron chi connectivity index (χ4n) is 1.17. The summed E-state index contributed by atoms with van der Waals surface area (Å²) in [5.74, 6) is 0. The van der Waals surface area contributed by atoms with Crippen molar-refractivity contribution in [2.75, 3.05) is 6.26 Å². The van der Waals surface area contributed by atoms with Crippen LogP contribution in [-0.2, 0) is 0 Å². The largest absolute Gasteiger partial charge is 0.222 e. The molecule has 0 aliphatic rings. The minimum atomic E-state index is 0.407. The second kappa shape index (κ2) is 3.93. The highest BCUT2D eigenvalue weighted by molar-refractivity contribution is 7.98. The van der Waals surface area contributed by atoms with Gasteiger partial charge in [0.25, 0.3) is 0 Å². The van der Waals surface area contributed by atoms with Crippen LogP contribution in [0.25, 0.3) is 10.9 Å². The minimum absolute atomic E-state index is 0.407. The summed E-state index contributed by atoms with van der Waals surface area (Å²) < 4.78 is 0. The smallest absolute Gasteiger partial charge is 0.189 e. The Balaban J connectivity index is 2.83. The summed E-state index contributed by atoms with van der Waals surface area (Å²) >= 11 is 13.4. The van der Waals surface area contributed by atoms with Gasteiger partial charge in [-0.3, -0.25) is 0 Å². The van der Waals surface area contributed by atoms with E-state index in [-0.39, 0.29) is 0 Å². The third-order valence-electron chi connectivity index (χ3n) is 1.79. The zero-order chi connectivity index (χ0) is 10.1. The molecule has 0 saturated heterocycles. The number of hydrogen-bond acceptors (Lipinski definition) is 3. The summed E-state index contributed by atoms with van der Waals surface area (Å²) in [6, 6.07) is 5.49. The summed E-state index contributed by atoms with van der Waals surface area (Å²) in [5, 5.41) is 2.36. The van der Waals surface area contributed by atoms with Gasteiger partial charge >= 0.3 is 0 Å². The van der Waals surface area contributed by atoms with Gasteiger partial charge in [-0.25, -0.2) is 9.97 Å². The van der Waals surface area contributed by atoms with Crippen molar-refractivity contribution in [1.29, 1.82) is 0 Å². The van der Waals surface area contributed by atoms with Gasteiger partial charge in [-0.1, -0.05) is 41.0 Å². The lowest BCUT2D eigenvalue weighted by molar-refractivity contribution is 1.01. The van der Waals surface area contributed by atoms with Crippen molar-refractivity contribution < 1.29 is 0 Å². The van der Waals surface area contributed by atoms with Crippen LogP contribution in [0.5, 0.6) is 0 Å². The first-order chi connectivity index (χ1) is 6.72. The molecule has 2 nitrogen and oxygen atoms in total. The van der Waals surface area contributed by atoms with Gasteiger partial charge in [0.05, 0.1) is 15.9 Å². The standard InChI is InChI=1S/C9H6Cl2N2S/c1-14-9-12-6-4-2-3-5(10)7(6)8(11)13-9/h2-4H,1H3. The fraction of sp³-hybridized carbons (Fsp3) is 0.111. The Hall–Kier alpha value is -0.510. The number of thioether (sulfide) groups is 1. The summed E-state index contributed by atoms with van der Waals surface area (Å²) in [7, 11) is 0. The van der Waals surface area contributed by atoms with Crippen molar-refractivity contribution in [3.05, 3.63) is 28.4 Å². The highest BCUT2D eigenvalue weighted by Crippen LogP contribution is 2.29. The summed E-state index contributed by atoms with van der Waals surface area (Å²) in [4.78, 5) is 8.41. The first-order valence-electron chi connectivity index (χ1n) is 3.88. The molecule has 0 atom stereocenters. The van der Waals surface area contributed by atoms with E-state index in [1.807, 2.05) is 18.4 Å². The highest BCUT2D eigenvalue weighted by Gasteiger charge is 2.07. The number of nitrogens with zero attached hydrogens (tertiary/aromatic N) is 2. The highest BCUT2D eigenvalue weighted by atomic mass is 35.5. The Morgan fingerprint density at radius 1 is 1.21 bits per heavy atom. The van der Waals surface area contributed by atoms with Gasteiger partial charge in [0.1, 0.15) is 5.15 Å². The summed E-state index contributed by atoms with van der Waals surface area (Å²) in [6.45, 7) is 0. The van der Waals surface area contributed by atoms with Crippen LogP contribution in [0.1, 0.15) is 0 Å². The average Bonchev–Trinajstić information content (AvgIpc) is 2.17. The normalized spacial score (nSPS) is 10.8. The molecule has 1 heterocycles. The van der Waals surface area contributed by atoms with E-state index in [4.69, 9.17) is 23.2 Å². The Morgan fingerprint density at radius 3 is 2.71 bits per heavy atom. The van der Waals surface area contributed by atoms with Crippen LogP contribution in [0.3, 0.4) is 0 Å². The van der Waals surface area contributed by atoms with Crippen molar-refractivity contribution in [2.24, 2.45) is 0 Å². The topological polar surface area (TPSA) is 25.8 Å². The Morgan fingerprint density at radius 2 is 2.00 bits per heavy atom. The van der Waals surface area contributed by atoms with Crippen molar-refractivity contribution in [3.8, 4) is 0 Å². The maximum Gasteiger partial charge on any atom is 0.189 e. The molecule has 14 heavy (non-hydrogen) atoms. The molecule has 0 N–H and O–H groups in total. The van der Waals surface area contributed by atoms with Gasteiger partial charge in [0.2, 0.25) is 0 Å². The molecule has 0 aliphatic carbocycles. The first-order valence-corrected chi connectivity index (χ1v) is 5.86. The van der Waals surface area contributed by atoms with Crippen LogP contribution in [0, 0.1) is 0 Å². The van der Waals surface area contributed by atoms with Crippen LogP contribution >= 0.6 is 35.0 Å². The van der Waals surface area contributed by atoms with Gasteiger partial charge in [-0.2, -0.15) is 0 Å². The molecule has 72 valence electrons. The quantitative estimate of drug-likeness (QED) is 0.435. The van der Waals surface area contributed by atoms with Crippen LogP contribution in [0.2, 0.25) is 10.2 Å². The van der Waals surface area contributed by atoms with Crippen LogP contribution in [0.4, 0.5) is 0 Å². The maximum atomic E-state index is 6.00. The number of benzene rings is 1. The zero-order valence-corrected chi connectivity index (χ0v) is 9.62. The molecule has 5 heteroatoms. The van der Waals surface area contributed by atoms with Crippen molar-refractivity contribution >= 4 is 45.9 Å². The van der Waals surface area contributed by atoms with E-state index in [2.05, 4.69) is 9.97 Å². The molecular weight excluding hydrogens is 239 g/mol. The predicted octanol–water partition coefficient (Wildman–Crippen LogP) is 3.66. The number of aromatic nitrogens is 2. The molecule has 0 unspecified atom stereocenters. The third-order valence-corrected chi connectivity index (χ3v) is 2.93. The molecule has 0 spiro atoms. The van der Waals surface area contributed by atoms with Gasteiger partial charge in [0.15, 0.2) is 5.16 Å². The number of fused-ring (bicyclic) bond motifs is 1. The van der Waals surface area contributed by atoms with Crippen molar-refractivity contribution in [1.82, 2.24) is 9.97 Å². The number of rotatable bonds is 1. The molecule has 0 bridgehead atoms. The molecule has 1 aromatic heterocycles. The Labute approximate surface area is 95.6 Å². The van der Waals surface area contributed by atoms with E-state index in [0.717, 1.165) is 5.52 Å². The molecule has 0 saturated carbocycles. The molecule has 2 rings (SSSR count). The van der Waals surface area contributed by atoms with Gasteiger partial charge < -0.3 is 0 Å². The molecule has 2 aromatic rings. The fourth-order valence-corrected chi connectivity index (χ4v) is 2.18. The van der Waals surface area contributed by atoms with Gasteiger partial charge in [-0.15, -0.1) is 0 Å². The minimum Gasteiger partial charge on any atom is -0.222 e. The second-order valence-electron chi connectivity index (χ2n) is 2.64. The van der Waals surface area contributed by atoms with Gasteiger partial charge in [-0.05, 0) is 18.4 Å². The van der Waals surface area contributed by atoms with E-state index in [0.29, 0.717) is 20.7 Å². The second-order valence-corrected chi connectivity index (χ2v) is 4.17. The molecular formula is C9H6Cl2N2S. The zero-order valence-electron chi connectivity index (χ0n) is 7.29. The molecule has 0 aliphatic heterocycles. The van der Waals surface area contributed by atoms with E-state index in [1.54, 1.807) is 6.07 Å². The molecule has 1 aromatic carbocycles. The van der Waals surface area contributed by atoms with E-state index in [9.17, 15) is 0 Å². The Bertz CT molecular complexity index is 487. The van der Waals surface area contributed by atoms with Crippen LogP contribution in [-0.4, -0.2) is 16.2 Å². The SMILES string of the molecule is CSc1nc(Cl)c2c(Cl)cccc2n1. The third kappa shape index (κ3) is 1.67. The predicted molar refractivity (Wildman–Crippen MR) is 61.3 cm³/mol. The van der Waals surface area contributed by atoms with E-state index < -0.39 is 0 Å². The monoisotopic (exact) mass is 244 g/mol. The van der Waals surface area contributed by atoms with E-state index in [1.165, 1.54) is 11.8 Å². The first kappa shape index (κ1) is 10.0. The lowest BCUT2D eigenvalue weighted by atomic mass is 10.2. The van der Waals surface area contributed by atoms with Gasteiger partial charge in [0, 0.05) is 0 Å². The summed E-state index contributed by atoms with van der Waals surface area (Å²) in [5.41, 5.74) is 0.779. The maximum absolute atomic E-state index is 6.00. The lowest BCUT2D eigenvalue weighted by Gasteiger charge is -2.03. The molecule has 0 radical (unpaired) electrons. The summed E-state index contributed by atoms with van der Waals surface area (Å²) in [6.07, 6.45) is 1.90. The Kier molecular flexibility index (Phi) is 2.81. The average molecular weight is 245 g/mol. The van der Waals surface area contributed by atoms with Crippen molar-refractivity contribution in [2.45, 2.75) is 5.16 Å². The molecule has 0 amide bonds. The van der Waals surface area contributed by atoms with Crippen LogP contribution in [0.15, 0.2) is 23.4 Å². The number of hydrogen-bond donors (Lipinski definition) is 0. The number of halogens is 2. The molecule has 0 fully saturated rings. The lowest BCUT2D eigenvalue weighted by Crippen LogP contribution is -1.89. The van der Waals surface area contributed by atoms with Crippen LogP contribution < -0.4 is 0 Å².